The third kappa shape index (κ3) is 5.84. The van der Waals surface area contributed by atoms with Crippen LogP contribution in [-0.2, 0) is 17.8 Å². The Morgan fingerprint density at radius 3 is 2.34 bits per heavy atom. The van der Waals surface area contributed by atoms with Gasteiger partial charge in [-0.3, -0.25) is 4.79 Å². The van der Waals surface area contributed by atoms with E-state index in [0.29, 0.717) is 18.3 Å². The molecule has 184 valence electrons. The molecule has 0 saturated heterocycles. The van der Waals surface area contributed by atoms with Crippen molar-refractivity contribution >= 4 is 11.6 Å². The number of rotatable bonds is 8. The van der Waals surface area contributed by atoms with Crippen LogP contribution in [0.15, 0.2) is 60.7 Å². The van der Waals surface area contributed by atoms with Gasteiger partial charge in [-0.25, -0.2) is 4.98 Å². The number of aromatic nitrogens is 1. The van der Waals surface area contributed by atoms with Gasteiger partial charge in [-0.05, 0) is 80.0 Å². The first kappa shape index (κ1) is 24.8. The van der Waals surface area contributed by atoms with E-state index in [0.717, 1.165) is 47.5 Å². The van der Waals surface area contributed by atoms with Crippen molar-refractivity contribution in [3.8, 4) is 11.6 Å². The number of carbonyl (C=O) groups is 1. The normalized spacial score (nSPS) is 15.1. The maximum atomic E-state index is 14.1. The molecule has 1 aliphatic carbocycles. The van der Waals surface area contributed by atoms with Gasteiger partial charge in [-0.15, -0.1) is 0 Å². The molecule has 3 aromatic rings. The zero-order chi connectivity index (χ0) is 24.9. The van der Waals surface area contributed by atoms with E-state index in [2.05, 4.69) is 44.2 Å². The Balaban J connectivity index is 1.67. The van der Waals surface area contributed by atoms with Crippen LogP contribution >= 0.6 is 0 Å². The number of anilines is 1. The van der Waals surface area contributed by atoms with Crippen molar-refractivity contribution in [2.75, 3.05) is 12.0 Å². The topological polar surface area (TPSA) is 51.7 Å². The Morgan fingerprint density at radius 1 is 1.00 bits per heavy atom. The van der Waals surface area contributed by atoms with E-state index in [1.165, 1.54) is 5.56 Å². The number of carbonyl (C=O) groups excluding carboxylic acids is 1. The number of methoxy groups -OCH3 is 1. The average Bonchev–Trinajstić information content (AvgIpc) is 2.87. The highest BCUT2D eigenvalue weighted by Crippen LogP contribution is 2.35. The molecule has 0 spiro atoms. The minimum Gasteiger partial charge on any atom is -0.491 e. The number of benzene rings is 2. The van der Waals surface area contributed by atoms with E-state index in [-0.39, 0.29) is 17.9 Å². The van der Waals surface area contributed by atoms with Gasteiger partial charge < -0.3 is 14.4 Å². The summed E-state index contributed by atoms with van der Waals surface area (Å²) in [6.45, 7) is 8.87. The van der Waals surface area contributed by atoms with Crippen LogP contribution in [0.25, 0.3) is 0 Å². The second kappa shape index (κ2) is 10.9. The largest absolute Gasteiger partial charge is 0.491 e. The van der Waals surface area contributed by atoms with Gasteiger partial charge in [0.05, 0.1) is 31.4 Å². The first-order valence-corrected chi connectivity index (χ1v) is 12.6. The van der Waals surface area contributed by atoms with E-state index < -0.39 is 0 Å². The fourth-order valence-corrected chi connectivity index (χ4v) is 4.64. The molecule has 1 heterocycles. The van der Waals surface area contributed by atoms with Gasteiger partial charge in [-0.1, -0.05) is 44.2 Å². The van der Waals surface area contributed by atoms with Crippen LogP contribution in [0.5, 0.6) is 11.6 Å². The van der Waals surface area contributed by atoms with Crippen molar-refractivity contribution in [1.29, 1.82) is 0 Å². The van der Waals surface area contributed by atoms with Gasteiger partial charge in [-0.2, -0.15) is 0 Å². The zero-order valence-corrected chi connectivity index (χ0v) is 21.5. The molecule has 1 atom stereocenters. The molecule has 0 saturated carbocycles. The smallest absolute Gasteiger partial charge is 0.236 e. The first-order valence-electron chi connectivity index (χ1n) is 12.6. The van der Waals surface area contributed by atoms with Gasteiger partial charge in [0.25, 0.3) is 0 Å². The maximum absolute atomic E-state index is 14.1. The highest BCUT2D eigenvalue weighted by molar-refractivity contribution is 5.98. The molecule has 1 unspecified atom stereocenters. The Hall–Kier alpha value is -3.34. The molecular formula is C30H36N2O3. The van der Waals surface area contributed by atoms with E-state index in [4.69, 9.17) is 14.5 Å². The quantitative estimate of drug-likeness (QED) is 0.368. The average molecular weight is 473 g/mol. The molecule has 0 N–H and O–H groups in total. The Labute approximate surface area is 209 Å². The van der Waals surface area contributed by atoms with Gasteiger partial charge in [0.2, 0.25) is 11.8 Å². The monoisotopic (exact) mass is 472 g/mol. The van der Waals surface area contributed by atoms with Gasteiger partial charge in [0, 0.05) is 11.8 Å². The SMILES string of the molecule is COc1ccc2c(n1)C(C(=O)N(Cc1ccc(OC(C)C)cc1)c1ccc(C(C)C)cc1)CCC2. The predicted octanol–water partition coefficient (Wildman–Crippen LogP) is 6.65. The van der Waals surface area contributed by atoms with Crippen molar-refractivity contribution in [2.24, 2.45) is 0 Å². The van der Waals surface area contributed by atoms with Crippen LogP contribution in [0.3, 0.4) is 0 Å². The first-order chi connectivity index (χ1) is 16.9. The lowest BCUT2D eigenvalue weighted by Gasteiger charge is -2.31. The molecule has 0 aliphatic heterocycles. The lowest BCUT2D eigenvalue weighted by Crippen LogP contribution is -2.36. The second-order valence-corrected chi connectivity index (χ2v) is 9.82. The van der Waals surface area contributed by atoms with E-state index >= 15 is 0 Å². The molecule has 1 aromatic heterocycles. The van der Waals surface area contributed by atoms with Gasteiger partial charge >= 0.3 is 0 Å². The summed E-state index contributed by atoms with van der Waals surface area (Å²) in [5.74, 6) is 1.61. The number of nitrogens with zero attached hydrogens (tertiary/aromatic N) is 2. The summed E-state index contributed by atoms with van der Waals surface area (Å²) in [4.78, 5) is 20.7. The molecule has 0 bridgehead atoms. The summed E-state index contributed by atoms with van der Waals surface area (Å²) >= 11 is 0. The molecule has 4 rings (SSSR count). The lowest BCUT2D eigenvalue weighted by atomic mass is 9.85. The number of hydrogen-bond acceptors (Lipinski definition) is 4. The van der Waals surface area contributed by atoms with Crippen LogP contribution in [-0.4, -0.2) is 24.1 Å². The minimum atomic E-state index is -0.290. The lowest BCUT2D eigenvalue weighted by molar-refractivity contribution is -0.120. The number of aryl methyl sites for hydroxylation is 1. The summed E-state index contributed by atoms with van der Waals surface area (Å²) < 4.78 is 11.2. The number of amides is 1. The molecule has 0 fully saturated rings. The van der Waals surface area contributed by atoms with E-state index in [9.17, 15) is 4.79 Å². The Bertz CT molecular complexity index is 1140. The van der Waals surface area contributed by atoms with Crippen LogP contribution in [0.4, 0.5) is 5.69 Å². The summed E-state index contributed by atoms with van der Waals surface area (Å²) in [6, 6.07) is 20.3. The number of fused-ring (bicyclic) bond motifs is 1. The highest BCUT2D eigenvalue weighted by Gasteiger charge is 2.32. The summed E-state index contributed by atoms with van der Waals surface area (Å²) in [6.07, 6.45) is 2.82. The Kier molecular flexibility index (Phi) is 7.74. The zero-order valence-electron chi connectivity index (χ0n) is 21.5. The van der Waals surface area contributed by atoms with Crippen molar-refractivity contribution in [3.05, 3.63) is 83.0 Å². The predicted molar refractivity (Wildman–Crippen MR) is 140 cm³/mol. The molecule has 2 aromatic carbocycles. The minimum absolute atomic E-state index is 0.0755. The van der Waals surface area contributed by atoms with Crippen molar-refractivity contribution in [1.82, 2.24) is 4.98 Å². The third-order valence-corrected chi connectivity index (χ3v) is 6.54. The van der Waals surface area contributed by atoms with Crippen LogP contribution in [0, 0.1) is 0 Å². The fourth-order valence-electron chi connectivity index (χ4n) is 4.64. The molecule has 5 nitrogen and oxygen atoms in total. The second-order valence-electron chi connectivity index (χ2n) is 9.82. The van der Waals surface area contributed by atoms with Crippen molar-refractivity contribution in [3.63, 3.8) is 0 Å². The van der Waals surface area contributed by atoms with E-state index in [1.807, 2.05) is 49.1 Å². The summed E-state index contributed by atoms with van der Waals surface area (Å²) in [5.41, 5.74) is 5.20. The summed E-state index contributed by atoms with van der Waals surface area (Å²) in [7, 11) is 1.61. The van der Waals surface area contributed by atoms with Gasteiger partial charge in [0.15, 0.2) is 0 Å². The molecular weight excluding hydrogens is 436 g/mol. The maximum Gasteiger partial charge on any atom is 0.236 e. The molecule has 1 amide bonds. The standard InChI is InChI=1S/C30H36N2O3/c1-20(2)23-11-14-25(15-12-23)32(19-22-9-16-26(17-10-22)35-21(3)4)30(33)27-8-6-7-24-13-18-28(34-5)31-29(24)27/h9-18,20-21,27H,6-8,19H2,1-5H3. The summed E-state index contributed by atoms with van der Waals surface area (Å²) in [5, 5.41) is 0. The van der Waals surface area contributed by atoms with Crippen LogP contribution in [0.2, 0.25) is 0 Å². The van der Waals surface area contributed by atoms with E-state index in [1.54, 1.807) is 7.11 Å². The fraction of sp³-hybridized carbons (Fsp3) is 0.400. The van der Waals surface area contributed by atoms with Crippen LogP contribution < -0.4 is 14.4 Å². The molecule has 5 heteroatoms. The number of pyridine rings is 1. The molecule has 1 aliphatic rings. The Morgan fingerprint density at radius 2 is 1.71 bits per heavy atom. The molecule has 0 radical (unpaired) electrons. The highest BCUT2D eigenvalue weighted by atomic mass is 16.5. The number of ether oxygens (including phenoxy) is 2. The van der Waals surface area contributed by atoms with Gasteiger partial charge in [0.1, 0.15) is 5.75 Å². The van der Waals surface area contributed by atoms with Crippen LogP contribution in [0.1, 0.15) is 74.8 Å². The molecule has 35 heavy (non-hydrogen) atoms. The van der Waals surface area contributed by atoms with Crippen molar-refractivity contribution in [2.45, 2.75) is 71.4 Å². The van der Waals surface area contributed by atoms with Crippen molar-refractivity contribution < 1.29 is 14.3 Å². The third-order valence-electron chi connectivity index (χ3n) is 6.54. The number of hydrogen-bond donors (Lipinski definition) is 0.